The molecule has 10 aliphatic rings. The number of unbranched alkanes of at least 4 members (excludes halogenated alkanes) is 2. The Balaban J connectivity index is 1.22. The van der Waals surface area contributed by atoms with Gasteiger partial charge < -0.3 is 0 Å². The summed E-state index contributed by atoms with van der Waals surface area (Å²) in [6, 6.07) is 0. The maximum absolute atomic E-state index is 13.2. The van der Waals surface area contributed by atoms with E-state index in [2.05, 4.69) is 15.9 Å². The van der Waals surface area contributed by atoms with E-state index in [1.54, 1.807) is 0 Å². The number of ketones is 1. The van der Waals surface area contributed by atoms with Gasteiger partial charge in [0.05, 0.1) is 0 Å². The van der Waals surface area contributed by atoms with E-state index in [1.807, 2.05) is 0 Å². The number of hydrogen-bond acceptors (Lipinski definition) is 1. The maximum atomic E-state index is 13.2. The molecule has 0 saturated carbocycles. The molecule has 1 nitrogen and oxygen atoms in total. The minimum absolute atomic E-state index is 0.549. The van der Waals surface area contributed by atoms with Crippen molar-refractivity contribution in [3.05, 3.63) is 0 Å². The van der Waals surface area contributed by atoms with Crippen LogP contribution in [0.25, 0.3) is 0 Å². The summed E-state index contributed by atoms with van der Waals surface area (Å²) < 4.78 is 0.549. The normalized spacial score (nSPS) is 108. The van der Waals surface area contributed by atoms with E-state index in [0.717, 1.165) is 17.5 Å². The molecule has 10 aliphatic heterocycles. The first kappa shape index (κ1) is 8.34. The van der Waals surface area contributed by atoms with Crippen molar-refractivity contribution in [2.24, 2.45) is 0 Å². The van der Waals surface area contributed by atoms with E-state index >= 15 is 0 Å². The fourth-order valence-corrected chi connectivity index (χ4v) is 92.2. The molecule has 104 valence electrons. The molecule has 0 aliphatic carbocycles. The summed E-state index contributed by atoms with van der Waals surface area (Å²) in [5, 5.41) is 1.11. The Hall–Kier alpha value is 0.669. The van der Waals surface area contributed by atoms with Gasteiger partial charge in [-0.1, -0.05) is 0 Å². The van der Waals surface area contributed by atoms with Crippen LogP contribution in [0.15, 0.2) is 0 Å². The van der Waals surface area contributed by atoms with Crippen LogP contribution in [0, 0.1) is 0 Å². The van der Waals surface area contributed by atoms with Crippen molar-refractivity contribution < 1.29 is 11.3 Å². The molecule has 0 amide bonds. The molecule has 0 aromatic rings. The molecule has 4 atom stereocenters. The zero-order chi connectivity index (χ0) is 12.1. The Bertz CT molecular complexity index is 930. The first-order valence-corrected chi connectivity index (χ1v) is 15.7. The Labute approximate surface area is 111 Å². The average Bonchev–Trinajstić information content (AvgIpc) is 3.36. The van der Waals surface area contributed by atoms with Gasteiger partial charge in [0.2, 0.25) is 0 Å². The second-order valence-electron chi connectivity index (χ2n) is 11.6. The summed E-state index contributed by atoms with van der Waals surface area (Å²) in [4.78, 5) is 24.8. The predicted octanol–water partition coefficient (Wildman–Crippen LogP) is 5.27. The fourth-order valence-electron chi connectivity index (χ4n) is 17.7. The molecule has 0 N–H and O–H groups in total. The molecule has 0 bridgehead atoms. The molecule has 10 saturated heterocycles. The van der Waals surface area contributed by atoms with E-state index < -0.39 is 6.51 Å². The summed E-state index contributed by atoms with van der Waals surface area (Å²) in [6.07, 6.45) is 4.71. The SMILES string of the molecule is O=C(CCCCCBr)[C]12[CH]3[CH]4[CH]5[CH]1[Fe]45321678[CH]2[CH]1[CH]6[CH]7[CH]28. The van der Waals surface area contributed by atoms with Crippen molar-refractivity contribution in [1.82, 2.24) is 0 Å². The second kappa shape index (κ2) is 0.776. The third kappa shape index (κ3) is 0.102. The van der Waals surface area contributed by atoms with E-state index in [1.165, 1.54) is 62.6 Å². The number of Topliss-reactive ketones (excluding diaryl/α,β-unsaturated/α-hetero) is 1. The van der Waals surface area contributed by atoms with Gasteiger partial charge in [-0.2, -0.15) is 0 Å². The van der Waals surface area contributed by atoms with Crippen molar-refractivity contribution in [3.63, 3.8) is 0 Å². The van der Waals surface area contributed by atoms with Crippen molar-refractivity contribution in [1.29, 1.82) is 0 Å². The number of carbonyl (C=O) groups is 1. The predicted molar refractivity (Wildman–Crippen MR) is 73.7 cm³/mol. The Morgan fingerprint density at radius 2 is 1.47 bits per heavy atom. The van der Waals surface area contributed by atoms with E-state index in [0.29, 0.717) is 4.31 Å². The summed E-state index contributed by atoms with van der Waals surface area (Å²) in [5.41, 5.74) is 0. The van der Waals surface area contributed by atoms with E-state index in [-0.39, 0.29) is 0 Å². The van der Waals surface area contributed by atoms with Crippen LogP contribution in [0.3, 0.4) is 0 Å². The van der Waals surface area contributed by atoms with Crippen molar-refractivity contribution in [3.8, 4) is 0 Å². The van der Waals surface area contributed by atoms with Gasteiger partial charge in [-0.25, -0.2) is 0 Å². The van der Waals surface area contributed by atoms with Crippen LogP contribution < -0.4 is 0 Å². The van der Waals surface area contributed by atoms with Gasteiger partial charge >= 0.3 is 112 Å². The van der Waals surface area contributed by atoms with Crippen molar-refractivity contribution in [2.75, 3.05) is 5.33 Å². The molecule has 4 unspecified atom stereocenters. The van der Waals surface area contributed by atoms with E-state index in [9.17, 15) is 4.79 Å². The number of fused-ring (bicyclic) bond motifs is 10. The van der Waals surface area contributed by atoms with Crippen LogP contribution in [0.1, 0.15) is 25.7 Å². The first-order chi connectivity index (χ1) is 9.03. The standard InChI is InChI=1S/C11H14BrO.C5H5.Fe/c12-9-5-1-2-8-11(13)10-6-3-4-7-10;1-2-4-5-3-1;/h3-4,6-7H,1-2,5,8-9H2;1-5H;. The number of hydrogen-bond donors (Lipinski definition) is 0. The zero-order valence-electron chi connectivity index (χ0n) is 10.9. The van der Waals surface area contributed by atoms with Crippen LogP contribution >= 0.6 is 15.9 Å². The number of rotatable bonds is 6. The molecule has 0 radical (unpaired) electrons. The van der Waals surface area contributed by atoms with Crippen LogP contribution in [0.4, 0.5) is 0 Å². The molecule has 1 spiro atoms. The number of halogens is 1. The van der Waals surface area contributed by atoms with Crippen molar-refractivity contribution >= 4 is 21.7 Å². The van der Waals surface area contributed by atoms with Gasteiger partial charge in [-0.05, 0) is 0 Å². The summed E-state index contributed by atoms with van der Waals surface area (Å²) in [7, 11) is 0. The number of carbonyl (C=O) groups excluding carboxylic acids is 1. The van der Waals surface area contributed by atoms with Gasteiger partial charge in [0.15, 0.2) is 0 Å². The Morgan fingerprint density at radius 1 is 0.895 bits per heavy atom. The zero-order valence-corrected chi connectivity index (χ0v) is 13.6. The first-order valence-electron chi connectivity index (χ1n) is 8.33. The molecule has 3 heteroatoms. The van der Waals surface area contributed by atoms with E-state index in [4.69, 9.17) is 0 Å². The van der Waals surface area contributed by atoms with Crippen LogP contribution in [0.2, 0.25) is 47.7 Å². The van der Waals surface area contributed by atoms with Gasteiger partial charge in [0.1, 0.15) is 0 Å². The molecular formula is C16H19BrFeO. The van der Waals surface area contributed by atoms with Crippen LogP contribution in [0.5, 0.6) is 0 Å². The van der Waals surface area contributed by atoms with Gasteiger partial charge in [-0.3, -0.25) is 0 Å². The third-order valence-electron chi connectivity index (χ3n) is 16.1. The second-order valence-corrected chi connectivity index (χ2v) is 36.0. The van der Waals surface area contributed by atoms with Crippen molar-refractivity contribution in [2.45, 2.75) is 73.3 Å². The molecule has 10 heterocycles. The molecule has 0 aromatic heterocycles. The van der Waals surface area contributed by atoms with Gasteiger partial charge in [-0.15, -0.1) is 0 Å². The average molecular weight is 363 g/mol. The molecule has 10 rings (SSSR count). The molecular weight excluding hydrogens is 344 g/mol. The molecule has 19 heavy (non-hydrogen) atoms. The summed E-state index contributed by atoms with van der Waals surface area (Å²) in [6.45, 7) is -3.06. The van der Waals surface area contributed by atoms with Crippen LogP contribution in [-0.4, -0.2) is 11.1 Å². The Morgan fingerprint density at radius 3 is 1.84 bits per heavy atom. The minimum atomic E-state index is -3.06. The molecule has 0 aromatic carbocycles. The monoisotopic (exact) mass is 362 g/mol. The van der Waals surface area contributed by atoms with Crippen LogP contribution in [-0.2, 0) is 11.3 Å². The summed E-state index contributed by atoms with van der Waals surface area (Å²) in [5.74, 6) is 0.869. The summed E-state index contributed by atoms with van der Waals surface area (Å²) >= 11 is 3.51. The third-order valence-corrected chi connectivity index (χ3v) is 59.1. The quantitative estimate of drug-likeness (QED) is 0.357. The molecule has 10 fully saturated rings. The fraction of sp³-hybridized carbons (Fsp3) is 0.938. The Kier molecular flexibility index (Phi) is 0.341. The number of alkyl halides is 1. The van der Waals surface area contributed by atoms with Gasteiger partial charge in [0, 0.05) is 0 Å². The van der Waals surface area contributed by atoms with Gasteiger partial charge in [0.25, 0.3) is 0 Å². The topological polar surface area (TPSA) is 17.1 Å².